The van der Waals surface area contributed by atoms with Crippen LogP contribution in [-0.2, 0) is 24.6 Å². The number of aliphatic hydroxyl groups excluding tert-OH is 1. The molecule has 12 nitrogen and oxygen atoms in total. The lowest BCUT2D eigenvalue weighted by Crippen LogP contribution is -2.57. The van der Waals surface area contributed by atoms with E-state index in [9.17, 15) is 33.8 Å². The van der Waals surface area contributed by atoms with Crippen molar-refractivity contribution < 1.29 is 48.0 Å². The molecule has 0 aromatic heterocycles. The van der Waals surface area contributed by atoms with E-state index in [1.54, 1.807) is 85.5 Å². The number of β-lactam (4-membered cyclic amide) rings is 1. The predicted octanol–water partition coefficient (Wildman–Crippen LogP) is 4.52. The van der Waals surface area contributed by atoms with Gasteiger partial charge in [-0.25, -0.2) is 9.18 Å². The van der Waals surface area contributed by atoms with Gasteiger partial charge in [0.05, 0.1) is 18.7 Å². The summed E-state index contributed by atoms with van der Waals surface area (Å²) >= 11 is 1.31. The fourth-order valence-corrected chi connectivity index (χ4v) is 7.49. The van der Waals surface area contributed by atoms with E-state index in [0.717, 1.165) is 11.1 Å². The largest absolute Gasteiger partial charge is 0.484 e. The van der Waals surface area contributed by atoms with Crippen molar-refractivity contribution in [3.05, 3.63) is 120 Å². The van der Waals surface area contributed by atoms with Gasteiger partial charge in [0.25, 0.3) is 5.91 Å². The second-order valence-electron chi connectivity index (χ2n) is 13.1. The Kier molecular flexibility index (Phi) is 11.2. The predicted molar refractivity (Wildman–Crippen MR) is 194 cm³/mol. The summed E-state index contributed by atoms with van der Waals surface area (Å²) in [6, 6.07) is 24.9. The molecule has 6 rings (SSSR count). The summed E-state index contributed by atoms with van der Waals surface area (Å²) in [6.45, 7) is 2.68. The molecule has 2 heterocycles. The second kappa shape index (κ2) is 16.0. The lowest BCUT2D eigenvalue weighted by molar-refractivity contribution is -0.143. The molecule has 4 atom stereocenters. The molecular formula is C39H38FN3O9S. The number of carboxylic acids is 1. The van der Waals surface area contributed by atoms with E-state index >= 15 is 0 Å². The van der Waals surface area contributed by atoms with Crippen LogP contribution in [0.3, 0.4) is 0 Å². The van der Waals surface area contributed by atoms with Crippen LogP contribution in [0.25, 0.3) is 0 Å². The topological polar surface area (TPSA) is 164 Å². The summed E-state index contributed by atoms with van der Waals surface area (Å²) in [5.41, 5.74) is 1.70. The molecule has 1 fully saturated rings. The number of fused-ring (bicyclic) bond motifs is 1. The number of halogens is 1. The van der Waals surface area contributed by atoms with Crippen LogP contribution in [0.5, 0.6) is 17.2 Å². The Labute approximate surface area is 309 Å². The normalized spacial score (nSPS) is 17.4. The number of ether oxygens (including phenoxy) is 3. The van der Waals surface area contributed by atoms with Gasteiger partial charge in [-0.3, -0.25) is 14.4 Å². The SMILES string of the molecule is CC(C)(c1ccccc1)[C@@H](NC(=O)CNC(=O)COc1ccc([C@@H]2[C@@H](SCC(O)c3ccc4c(c3)OCO4)C(=O)N2c2ccc(F)cc2)cc1)C(=O)O. The minimum atomic E-state index is -1.24. The first-order chi connectivity index (χ1) is 25.4. The van der Waals surface area contributed by atoms with E-state index in [1.807, 2.05) is 6.07 Å². The number of aliphatic hydroxyl groups is 1. The molecule has 0 aliphatic carbocycles. The fourth-order valence-electron chi connectivity index (χ4n) is 6.19. The Morgan fingerprint density at radius 2 is 1.66 bits per heavy atom. The van der Waals surface area contributed by atoms with Gasteiger partial charge in [-0.2, -0.15) is 0 Å². The molecular weight excluding hydrogens is 706 g/mol. The molecule has 2 aliphatic rings. The van der Waals surface area contributed by atoms with Crippen molar-refractivity contribution in [2.75, 3.05) is 30.6 Å². The summed E-state index contributed by atoms with van der Waals surface area (Å²) in [7, 11) is 0. The smallest absolute Gasteiger partial charge is 0.327 e. The molecule has 0 radical (unpaired) electrons. The van der Waals surface area contributed by atoms with Gasteiger partial charge in [-0.15, -0.1) is 11.8 Å². The second-order valence-corrected chi connectivity index (χ2v) is 14.2. The molecule has 0 saturated carbocycles. The number of hydrogen-bond donors (Lipinski definition) is 4. The third-order valence-corrected chi connectivity index (χ3v) is 10.5. The van der Waals surface area contributed by atoms with Crippen LogP contribution in [-0.4, -0.2) is 70.9 Å². The maximum atomic E-state index is 13.7. The molecule has 4 N–H and O–H groups in total. The number of rotatable bonds is 15. The first-order valence-corrected chi connectivity index (χ1v) is 17.8. The van der Waals surface area contributed by atoms with Crippen molar-refractivity contribution in [1.29, 1.82) is 0 Å². The van der Waals surface area contributed by atoms with Crippen LogP contribution in [0, 0.1) is 5.82 Å². The van der Waals surface area contributed by atoms with Crippen LogP contribution in [0.4, 0.5) is 10.1 Å². The Balaban J connectivity index is 1.05. The first kappa shape index (κ1) is 37.2. The number of amides is 3. The third-order valence-electron chi connectivity index (χ3n) is 9.20. The van der Waals surface area contributed by atoms with Gasteiger partial charge >= 0.3 is 5.97 Å². The number of nitrogens with one attached hydrogen (secondary N) is 2. The van der Waals surface area contributed by atoms with E-state index in [0.29, 0.717) is 28.5 Å². The zero-order chi connectivity index (χ0) is 37.7. The Morgan fingerprint density at radius 1 is 0.962 bits per heavy atom. The molecule has 0 bridgehead atoms. The van der Waals surface area contributed by atoms with E-state index in [-0.39, 0.29) is 18.5 Å². The number of carboxylic acid groups (broad SMARTS) is 1. The molecule has 276 valence electrons. The van der Waals surface area contributed by atoms with Gasteiger partial charge in [0, 0.05) is 16.9 Å². The van der Waals surface area contributed by atoms with Crippen molar-refractivity contribution in [2.45, 2.75) is 42.7 Å². The van der Waals surface area contributed by atoms with Gasteiger partial charge in [0.2, 0.25) is 18.6 Å². The standard InChI is InChI=1S/C39H38FN3O9S/c1-39(2,25-6-4-3-5-7-25)36(38(48)49)42-32(45)19-41-33(46)20-50-28-15-8-23(9-16-28)34-35(37(47)43(34)27-13-11-26(40)12-14-27)53-21-29(44)24-10-17-30-31(18-24)52-22-51-30/h3-18,29,34-36,44H,19-22H2,1-2H3,(H,41,46)(H,42,45)(H,48,49)/t29?,34-,35-,36+/m1/s1. The number of benzene rings is 4. The van der Waals surface area contributed by atoms with Crippen LogP contribution in [0.1, 0.15) is 42.7 Å². The molecule has 1 unspecified atom stereocenters. The van der Waals surface area contributed by atoms with E-state index in [2.05, 4.69) is 10.6 Å². The van der Waals surface area contributed by atoms with Crippen molar-refractivity contribution >= 4 is 41.1 Å². The molecule has 0 spiro atoms. The highest BCUT2D eigenvalue weighted by atomic mass is 32.2. The van der Waals surface area contributed by atoms with Crippen molar-refractivity contribution in [3.8, 4) is 17.2 Å². The number of carbonyl (C=O) groups excluding carboxylic acids is 3. The van der Waals surface area contributed by atoms with Crippen LogP contribution < -0.4 is 29.7 Å². The number of aliphatic carboxylic acids is 1. The Hall–Kier alpha value is -5.60. The lowest BCUT2D eigenvalue weighted by atomic mass is 9.77. The van der Waals surface area contributed by atoms with Crippen LogP contribution in [0.15, 0.2) is 97.1 Å². The summed E-state index contributed by atoms with van der Waals surface area (Å²) < 4.78 is 30.1. The maximum Gasteiger partial charge on any atom is 0.327 e. The molecule has 2 aliphatic heterocycles. The highest BCUT2D eigenvalue weighted by Gasteiger charge is 2.49. The van der Waals surface area contributed by atoms with Crippen molar-refractivity contribution in [2.24, 2.45) is 0 Å². The molecule has 4 aromatic rings. The summed E-state index contributed by atoms with van der Waals surface area (Å²) in [5, 5.41) is 25.2. The Bertz CT molecular complexity index is 1960. The monoisotopic (exact) mass is 743 g/mol. The minimum Gasteiger partial charge on any atom is -0.484 e. The van der Waals surface area contributed by atoms with Crippen LogP contribution in [0.2, 0.25) is 0 Å². The molecule has 14 heteroatoms. The van der Waals surface area contributed by atoms with E-state index < -0.39 is 65.6 Å². The number of hydrogen-bond acceptors (Lipinski definition) is 9. The average Bonchev–Trinajstić information content (AvgIpc) is 3.64. The van der Waals surface area contributed by atoms with Gasteiger partial charge in [-0.1, -0.05) is 62.4 Å². The van der Waals surface area contributed by atoms with Crippen molar-refractivity contribution in [1.82, 2.24) is 10.6 Å². The molecule has 4 aromatic carbocycles. The van der Waals surface area contributed by atoms with Crippen LogP contribution >= 0.6 is 11.8 Å². The Morgan fingerprint density at radius 3 is 2.36 bits per heavy atom. The maximum absolute atomic E-state index is 13.7. The van der Waals surface area contributed by atoms with E-state index in [4.69, 9.17) is 14.2 Å². The number of nitrogens with zero attached hydrogens (tertiary/aromatic N) is 1. The molecule has 3 amide bonds. The summed E-state index contributed by atoms with van der Waals surface area (Å²) in [6.07, 6.45) is -0.879. The molecule has 53 heavy (non-hydrogen) atoms. The van der Waals surface area contributed by atoms with Gasteiger partial charge in [0.1, 0.15) is 22.9 Å². The van der Waals surface area contributed by atoms with Gasteiger partial charge in [0.15, 0.2) is 18.1 Å². The summed E-state index contributed by atoms with van der Waals surface area (Å²) in [5.74, 6) is -1.37. The van der Waals surface area contributed by atoms with Gasteiger partial charge in [-0.05, 0) is 65.2 Å². The van der Waals surface area contributed by atoms with Crippen molar-refractivity contribution in [3.63, 3.8) is 0 Å². The van der Waals surface area contributed by atoms with E-state index in [1.165, 1.54) is 36.0 Å². The summed E-state index contributed by atoms with van der Waals surface area (Å²) in [4.78, 5) is 52.3. The number of anilines is 1. The highest BCUT2D eigenvalue weighted by Crippen LogP contribution is 2.46. The number of carbonyl (C=O) groups is 4. The fraction of sp³-hybridized carbons (Fsp3) is 0.282. The first-order valence-electron chi connectivity index (χ1n) is 16.8. The highest BCUT2D eigenvalue weighted by molar-refractivity contribution is 8.00. The quantitative estimate of drug-likeness (QED) is 0.127. The average molecular weight is 744 g/mol. The lowest BCUT2D eigenvalue weighted by Gasteiger charge is -2.47. The number of thioether (sulfide) groups is 1. The molecule has 1 saturated heterocycles. The van der Waals surface area contributed by atoms with Gasteiger partial charge < -0.3 is 40.0 Å². The zero-order valence-electron chi connectivity index (χ0n) is 28.9. The third kappa shape index (κ3) is 8.39. The zero-order valence-corrected chi connectivity index (χ0v) is 29.7. The minimum absolute atomic E-state index is 0.113.